The molecule has 0 aliphatic rings. The van der Waals surface area contributed by atoms with E-state index >= 15 is 0 Å². The minimum absolute atomic E-state index is 0.0866. The van der Waals surface area contributed by atoms with Gasteiger partial charge in [0, 0.05) is 12.6 Å². The van der Waals surface area contributed by atoms with Crippen molar-refractivity contribution in [1.82, 2.24) is 5.32 Å². The van der Waals surface area contributed by atoms with Gasteiger partial charge in [-0.15, -0.1) is 0 Å². The summed E-state index contributed by atoms with van der Waals surface area (Å²) < 4.78 is 44.4. The number of rotatable bonds is 12. The van der Waals surface area contributed by atoms with Gasteiger partial charge < -0.3 is 19.5 Å². The Labute approximate surface area is 206 Å². The van der Waals surface area contributed by atoms with Crippen molar-refractivity contribution in [3.8, 4) is 17.2 Å². The molecule has 0 aromatic heterocycles. The lowest BCUT2D eigenvalue weighted by atomic mass is 10.2. The molecule has 0 saturated heterocycles. The molecule has 1 N–H and O–H groups in total. The van der Waals surface area contributed by atoms with Crippen LogP contribution in [0.2, 0.25) is 0 Å². The van der Waals surface area contributed by atoms with E-state index in [0.717, 1.165) is 9.87 Å². The standard InChI is InChI=1S/C26H30N2O6S/c1-4-33-24-15-14-20(16-25(24)34-5-2)18-27-26(29)19-28(21-10-9-11-22(17-21)32-3)35(30,31)23-12-7-6-8-13-23/h6-17H,4-5,18-19H2,1-3H3,(H,27,29). The van der Waals surface area contributed by atoms with E-state index in [1.54, 1.807) is 54.6 Å². The number of nitrogens with zero attached hydrogens (tertiary/aromatic N) is 1. The number of hydrogen-bond acceptors (Lipinski definition) is 6. The van der Waals surface area contributed by atoms with Crippen molar-refractivity contribution in [3.63, 3.8) is 0 Å². The highest BCUT2D eigenvalue weighted by molar-refractivity contribution is 7.92. The number of carbonyl (C=O) groups is 1. The summed E-state index contributed by atoms with van der Waals surface area (Å²) in [6.45, 7) is 4.54. The Kier molecular flexibility index (Phi) is 8.97. The number of methoxy groups -OCH3 is 1. The molecular weight excluding hydrogens is 468 g/mol. The van der Waals surface area contributed by atoms with E-state index in [2.05, 4.69) is 5.32 Å². The molecule has 3 rings (SSSR count). The van der Waals surface area contributed by atoms with Gasteiger partial charge in [0.1, 0.15) is 12.3 Å². The van der Waals surface area contributed by atoms with Crippen LogP contribution in [-0.4, -0.2) is 41.2 Å². The molecule has 0 aliphatic carbocycles. The van der Waals surface area contributed by atoms with Crippen molar-refractivity contribution in [1.29, 1.82) is 0 Å². The first-order valence-corrected chi connectivity index (χ1v) is 12.7. The van der Waals surface area contributed by atoms with Crippen LogP contribution in [0.25, 0.3) is 0 Å². The molecule has 0 fully saturated rings. The fourth-order valence-corrected chi connectivity index (χ4v) is 4.83. The van der Waals surface area contributed by atoms with Gasteiger partial charge in [-0.1, -0.05) is 30.3 Å². The third kappa shape index (κ3) is 6.66. The van der Waals surface area contributed by atoms with Gasteiger partial charge in [-0.25, -0.2) is 8.42 Å². The summed E-state index contributed by atoms with van der Waals surface area (Å²) in [5.74, 6) is 1.24. The van der Waals surface area contributed by atoms with E-state index < -0.39 is 22.5 Å². The fraction of sp³-hybridized carbons (Fsp3) is 0.269. The molecule has 0 aliphatic heterocycles. The predicted molar refractivity (Wildman–Crippen MR) is 135 cm³/mol. The van der Waals surface area contributed by atoms with Crippen LogP contribution in [0.5, 0.6) is 17.2 Å². The van der Waals surface area contributed by atoms with Gasteiger partial charge in [-0.3, -0.25) is 9.10 Å². The molecule has 3 aromatic rings. The maximum atomic E-state index is 13.4. The number of ether oxygens (including phenoxy) is 3. The highest BCUT2D eigenvalue weighted by atomic mass is 32.2. The normalized spacial score (nSPS) is 10.9. The number of hydrogen-bond donors (Lipinski definition) is 1. The predicted octanol–water partition coefficient (Wildman–Crippen LogP) is 4.00. The Morgan fingerprint density at radius 2 is 1.60 bits per heavy atom. The van der Waals surface area contributed by atoms with Gasteiger partial charge in [-0.2, -0.15) is 0 Å². The lowest BCUT2D eigenvalue weighted by molar-refractivity contribution is -0.119. The smallest absolute Gasteiger partial charge is 0.264 e. The maximum absolute atomic E-state index is 13.4. The Morgan fingerprint density at radius 3 is 2.29 bits per heavy atom. The summed E-state index contributed by atoms with van der Waals surface area (Å²) >= 11 is 0. The van der Waals surface area contributed by atoms with Crippen molar-refractivity contribution in [3.05, 3.63) is 78.4 Å². The third-order valence-electron chi connectivity index (χ3n) is 5.06. The van der Waals surface area contributed by atoms with Crippen molar-refractivity contribution < 1.29 is 27.4 Å². The van der Waals surface area contributed by atoms with Crippen molar-refractivity contribution in [2.75, 3.05) is 31.2 Å². The van der Waals surface area contributed by atoms with Crippen LogP contribution in [0, 0.1) is 0 Å². The molecular formula is C26H30N2O6S. The topological polar surface area (TPSA) is 94.2 Å². The molecule has 0 spiro atoms. The van der Waals surface area contributed by atoms with E-state index in [-0.39, 0.29) is 11.4 Å². The van der Waals surface area contributed by atoms with Crippen molar-refractivity contribution in [2.45, 2.75) is 25.3 Å². The van der Waals surface area contributed by atoms with E-state index in [4.69, 9.17) is 14.2 Å². The Hall–Kier alpha value is -3.72. The summed E-state index contributed by atoms with van der Waals surface area (Å²) in [4.78, 5) is 13.0. The quantitative estimate of drug-likeness (QED) is 0.406. The molecule has 8 nitrogen and oxygen atoms in total. The van der Waals surface area contributed by atoms with Crippen LogP contribution in [0.1, 0.15) is 19.4 Å². The number of benzene rings is 3. The zero-order chi connectivity index (χ0) is 25.3. The van der Waals surface area contributed by atoms with Crippen LogP contribution in [0.4, 0.5) is 5.69 Å². The van der Waals surface area contributed by atoms with Gasteiger partial charge in [0.05, 0.1) is 30.9 Å². The number of sulfonamides is 1. The van der Waals surface area contributed by atoms with E-state index in [1.165, 1.54) is 19.2 Å². The molecule has 1 amide bonds. The summed E-state index contributed by atoms with van der Waals surface area (Å²) in [6, 6.07) is 20.0. The van der Waals surface area contributed by atoms with Crippen LogP contribution in [0.15, 0.2) is 77.7 Å². The van der Waals surface area contributed by atoms with Crippen LogP contribution in [0.3, 0.4) is 0 Å². The largest absolute Gasteiger partial charge is 0.497 e. The molecule has 0 heterocycles. The SMILES string of the molecule is CCOc1ccc(CNC(=O)CN(c2cccc(OC)c2)S(=O)(=O)c2ccccc2)cc1OCC. The van der Waals surface area contributed by atoms with Crippen LogP contribution < -0.4 is 23.8 Å². The van der Waals surface area contributed by atoms with Crippen molar-refractivity contribution >= 4 is 21.6 Å². The molecule has 9 heteroatoms. The van der Waals surface area contributed by atoms with Crippen molar-refractivity contribution in [2.24, 2.45) is 0 Å². The highest BCUT2D eigenvalue weighted by Crippen LogP contribution is 2.29. The van der Waals surface area contributed by atoms with E-state index in [0.29, 0.717) is 36.1 Å². The van der Waals surface area contributed by atoms with Crippen LogP contribution in [-0.2, 0) is 21.4 Å². The van der Waals surface area contributed by atoms with Gasteiger partial charge in [0.2, 0.25) is 5.91 Å². The van der Waals surface area contributed by atoms with Gasteiger partial charge in [0.25, 0.3) is 10.0 Å². The number of nitrogens with one attached hydrogen (secondary N) is 1. The minimum atomic E-state index is -4.00. The lowest BCUT2D eigenvalue weighted by Crippen LogP contribution is -2.40. The molecule has 0 bridgehead atoms. The summed E-state index contributed by atoms with van der Waals surface area (Å²) in [5.41, 5.74) is 1.12. The molecule has 0 unspecified atom stereocenters. The summed E-state index contributed by atoms with van der Waals surface area (Å²) in [7, 11) is -2.51. The monoisotopic (exact) mass is 498 g/mol. The zero-order valence-corrected chi connectivity index (χ0v) is 20.9. The second-order valence-electron chi connectivity index (χ2n) is 7.45. The first-order valence-electron chi connectivity index (χ1n) is 11.3. The maximum Gasteiger partial charge on any atom is 0.264 e. The highest BCUT2D eigenvalue weighted by Gasteiger charge is 2.27. The van der Waals surface area contributed by atoms with Gasteiger partial charge in [0.15, 0.2) is 11.5 Å². The molecule has 0 saturated carbocycles. The Balaban J connectivity index is 1.81. The molecule has 3 aromatic carbocycles. The Bertz CT molecular complexity index is 1230. The third-order valence-corrected chi connectivity index (χ3v) is 6.85. The number of anilines is 1. The summed E-state index contributed by atoms with van der Waals surface area (Å²) in [5, 5.41) is 2.80. The molecule has 0 atom stereocenters. The second kappa shape index (κ2) is 12.1. The first kappa shape index (κ1) is 25.9. The van der Waals surface area contributed by atoms with E-state index in [9.17, 15) is 13.2 Å². The van der Waals surface area contributed by atoms with E-state index in [1.807, 2.05) is 19.9 Å². The number of carbonyl (C=O) groups excluding carboxylic acids is 1. The second-order valence-corrected chi connectivity index (χ2v) is 9.31. The molecule has 35 heavy (non-hydrogen) atoms. The fourth-order valence-electron chi connectivity index (χ4n) is 3.39. The average Bonchev–Trinajstić information content (AvgIpc) is 2.88. The average molecular weight is 499 g/mol. The molecule has 186 valence electrons. The minimum Gasteiger partial charge on any atom is -0.497 e. The Morgan fingerprint density at radius 1 is 0.886 bits per heavy atom. The lowest BCUT2D eigenvalue weighted by Gasteiger charge is -2.24. The zero-order valence-electron chi connectivity index (χ0n) is 20.1. The molecule has 0 radical (unpaired) electrons. The first-order chi connectivity index (χ1) is 16.9. The van der Waals surface area contributed by atoms with Crippen LogP contribution >= 0.6 is 0 Å². The number of amides is 1. The van der Waals surface area contributed by atoms with Gasteiger partial charge in [-0.05, 0) is 55.8 Å². The summed E-state index contributed by atoms with van der Waals surface area (Å²) in [6.07, 6.45) is 0. The van der Waals surface area contributed by atoms with Gasteiger partial charge >= 0.3 is 0 Å².